The highest BCUT2D eigenvalue weighted by Gasteiger charge is 2.19. The Bertz CT molecular complexity index is 1070. The number of benzene rings is 2. The topological polar surface area (TPSA) is 84.2 Å². The molecule has 0 saturated carbocycles. The van der Waals surface area contributed by atoms with E-state index in [-0.39, 0.29) is 23.5 Å². The third-order valence-electron chi connectivity index (χ3n) is 4.39. The molecule has 0 amide bonds. The third kappa shape index (κ3) is 4.99. The van der Waals surface area contributed by atoms with Crippen molar-refractivity contribution in [2.45, 2.75) is 13.8 Å². The van der Waals surface area contributed by atoms with Gasteiger partial charge in [-0.05, 0) is 55.8 Å². The van der Waals surface area contributed by atoms with E-state index in [0.717, 1.165) is 5.56 Å². The Morgan fingerprint density at radius 3 is 2.53 bits per heavy atom. The van der Waals surface area contributed by atoms with Crippen LogP contribution in [0.1, 0.15) is 12.5 Å². The summed E-state index contributed by atoms with van der Waals surface area (Å²) in [5, 5.41) is 0.373. The van der Waals surface area contributed by atoms with Gasteiger partial charge in [-0.2, -0.15) is 0 Å². The van der Waals surface area contributed by atoms with Crippen LogP contribution in [0.2, 0.25) is 0 Å². The molecule has 0 N–H and O–H groups in total. The smallest absolute Gasteiger partial charge is 0.344 e. The van der Waals surface area contributed by atoms with Crippen molar-refractivity contribution >= 4 is 16.9 Å². The first-order chi connectivity index (χ1) is 14.5. The van der Waals surface area contributed by atoms with Crippen molar-refractivity contribution in [1.82, 2.24) is 0 Å². The minimum atomic E-state index is -0.598. The number of fused-ring (bicyclic) bond motifs is 1. The second-order valence-electron chi connectivity index (χ2n) is 6.52. The Morgan fingerprint density at radius 1 is 1.07 bits per heavy atom. The fourth-order valence-corrected chi connectivity index (χ4v) is 2.88. The lowest BCUT2D eigenvalue weighted by Gasteiger charge is -2.12. The molecule has 0 spiro atoms. The van der Waals surface area contributed by atoms with Crippen molar-refractivity contribution in [2.75, 3.05) is 33.5 Å². The van der Waals surface area contributed by atoms with E-state index in [4.69, 9.17) is 23.4 Å². The Balaban J connectivity index is 1.94. The molecule has 7 nitrogen and oxygen atoms in total. The van der Waals surface area contributed by atoms with Gasteiger partial charge in [0.2, 0.25) is 11.2 Å². The zero-order valence-corrected chi connectivity index (χ0v) is 17.2. The molecule has 2 aromatic carbocycles. The maximum Gasteiger partial charge on any atom is 0.344 e. The molecule has 3 rings (SSSR count). The lowest BCUT2D eigenvalue weighted by Crippen LogP contribution is -2.20. The van der Waals surface area contributed by atoms with Crippen molar-refractivity contribution in [3.8, 4) is 22.8 Å². The monoisotopic (exact) mass is 412 g/mol. The van der Waals surface area contributed by atoms with Gasteiger partial charge in [-0.1, -0.05) is 6.07 Å². The van der Waals surface area contributed by atoms with Gasteiger partial charge >= 0.3 is 5.97 Å². The number of methoxy groups -OCH3 is 1. The predicted molar refractivity (Wildman–Crippen MR) is 112 cm³/mol. The van der Waals surface area contributed by atoms with Crippen molar-refractivity contribution in [3.05, 3.63) is 58.3 Å². The van der Waals surface area contributed by atoms with Gasteiger partial charge < -0.3 is 23.4 Å². The summed E-state index contributed by atoms with van der Waals surface area (Å²) in [5.41, 5.74) is 1.66. The van der Waals surface area contributed by atoms with Gasteiger partial charge in [0.25, 0.3) is 0 Å². The number of esters is 1. The molecule has 0 bridgehead atoms. The van der Waals surface area contributed by atoms with Gasteiger partial charge in [-0.15, -0.1) is 0 Å². The van der Waals surface area contributed by atoms with Crippen molar-refractivity contribution in [1.29, 1.82) is 0 Å². The summed E-state index contributed by atoms with van der Waals surface area (Å²) < 4.78 is 27.0. The van der Waals surface area contributed by atoms with Crippen LogP contribution < -0.4 is 14.9 Å². The molecule has 0 atom stereocenters. The quantitative estimate of drug-likeness (QED) is 0.391. The lowest BCUT2D eigenvalue weighted by atomic mass is 10.1. The van der Waals surface area contributed by atoms with Crippen LogP contribution in [0, 0.1) is 6.92 Å². The maximum atomic E-state index is 13.1. The van der Waals surface area contributed by atoms with E-state index in [0.29, 0.717) is 35.5 Å². The minimum absolute atomic E-state index is 0.0433. The normalized spacial score (nSPS) is 10.8. The maximum absolute atomic E-state index is 13.1. The molecular weight excluding hydrogens is 388 g/mol. The summed E-state index contributed by atoms with van der Waals surface area (Å²) in [5.74, 6) is 0.262. The number of carbonyl (C=O) groups is 1. The first kappa shape index (κ1) is 21.4. The van der Waals surface area contributed by atoms with E-state index < -0.39 is 12.6 Å². The third-order valence-corrected chi connectivity index (χ3v) is 4.39. The van der Waals surface area contributed by atoms with Crippen LogP contribution in [0.3, 0.4) is 0 Å². The van der Waals surface area contributed by atoms with Crippen LogP contribution in [0.15, 0.2) is 51.7 Å². The molecule has 3 aromatic rings. The van der Waals surface area contributed by atoms with Gasteiger partial charge in [0.1, 0.15) is 17.9 Å². The minimum Gasteiger partial charge on any atom is -0.497 e. The van der Waals surface area contributed by atoms with E-state index in [9.17, 15) is 9.59 Å². The van der Waals surface area contributed by atoms with Gasteiger partial charge in [-0.3, -0.25) is 4.79 Å². The molecule has 0 unspecified atom stereocenters. The number of hydrogen-bond donors (Lipinski definition) is 0. The van der Waals surface area contributed by atoms with Gasteiger partial charge in [-0.25, -0.2) is 4.79 Å². The highest BCUT2D eigenvalue weighted by molar-refractivity contribution is 5.83. The molecule has 7 heteroatoms. The average molecular weight is 412 g/mol. The van der Waals surface area contributed by atoms with Crippen LogP contribution in [-0.4, -0.2) is 39.5 Å². The van der Waals surface area contributed by atoms with Crippen molar-refractivity contribution in [3.63, 3.8) is 0 Å². The van der Waals surface area contributed by atoms with E-state index in [1.807, 2.05) is 19.9 Å². The SMILES string of the molecule is CCOCCOC(=O)COc1c(-c2ccc(OC)cc2)oc2cc(C)ccc2c1=O. The molecule has 1 heterocycles. The zero-order valence-electron chi connectivity index (χ0n) is 17.2. The number of carbonyl (C=O) groups excluding carboxylic acids is 1. The molecular formula is C23H24O7. The Labute approximate surface area is 174 Å². The van der Waals surface area contributed by atoms with Crippen LogP contribution in [0.4, 0.5) is 0 Å². The summed E-state index contributed by atoms with van der Waals surface area (Å²) in [6.07, 6.45) is 0. The lowest BCUT2D eigenvalue weighted by molar-refractivity contribution is -0.147. The zero-order chi connectivity index (χ0) is 21.5. The highest BCUT2D eigenvalue weighted by Crippen LogP contribution is 2.32. The summed E-state index contributed by atoms with van der Waals surface area (Å²) in [6.45, 7) is 4.30. The van der Waals surface area contributed by atoms with E-state index in [1.54, 1.807) is 43.5 Å². The van der Waals surface area contributed by atoms with Crippen molar-refractivity contribution in [2.24, 2.45) is 0 Å². The number of aryl methyl sites for hydroxylation is 1. The molecule has 0 aliphatic heterocycles. The Hall–Kier alpha value is -3.32. The van der Waals surface area contributed by atoms with Gasteiger partial charge in [0, 0.05) is 12.2 Å². The number of ether oxygens (including phenoxy) is 4. The molecule has 30 heavy (non-hydrogen) atoms. The molecule has 158 valence electrons. The van der Waals surface area contributed by atoms with E-state index in [2.05, 4.69) is 0 Å². The second-order valence-corrected chi connectivity index (χ2v) is 6.52. The van der Waals surface area contributed by atoms with Gasteiger partial charge in [0.15, 0.2) is 12.4 Å². The Kier molecular flexibility index (Phi) is 7.08. The molecule has 1 aromatic heterocycles. The summed E-state index contributed by atoms with van der Waals surface area (Å²) >= 11 is 0. The Morgan fingerprint density at radius 2 is 1.83 bits per heavy atom. The average Bonchev–Trinajstić information content (AvgIpc) is 2.76. The fourth-order valence-electron chi connectivity index (χ4n) is 2.88. The number of hydrogen-bond acceptors (Lipinski definition) is 7. The molecule has 0 saturated heterocycles. The highest BCUT2D eigenvalue weighted by atomic mass is 16.6. The van der Waals surface area contributed by atoms with Crippen LogP contribution in [0.5, 0.6) is 11.5 Å². The predicted octanol–water partition coefficient (Wildman–Crippen LogP) is 3.74. The fraction of sp³-hybridized carbons (Fsp3) is 0.304. The summed E-state index contributed by atoms with van der Waals surface area (Å²) in [6, 6.07) is 12.3. The summed E-state index contributed by atoms with van der Waals surface area (Å²) in [7, 11) is 1.57. The standard InChI is InChI=1S/C23H24O7/c1-4-27-11-12-28-20(24)14-29-23-21(25)18-10-5-15(2)13-19(18)30-22(23)16-6-8-17(26-3)9-7-16/h5-10,13H,4,11-12,14H2,1-3H3. The van der Waals surface area contributed by atoms with Crippen LogP contribution in [-0.2, 0) is 14.3 Å². The molecule has 0 aliphatic carbocycles. The molecule has 0 fully saturated rings. The van der Waals surface area contributed by atoms with Crippen LogP contribution >= 0.6 is 0 Å². The molecule has 0 radical (unpaired) electrons. The summed E-state index contributed by atoms with van der Waals surface area (Å²) in [4.78, 5) is 25.1. The van der Waals surface area contributed by atoms with Crippen LogP contribution in [0.25, 0.3) is 22.3 Å². The van der Waals surface area contributed by atoms with Crippen molar-refractivity contribution < 1.29 is 28.2 Å². The van der Waals surface area contributed by atoms with E-state index in [1.165, 1.54) is 0 Å². The number of rotatable bonds is 9. The van der Waals surface area contributed by atoms with Gasteiger partial charge in [0.05, 0.1) is 19.1 Å². The second kappa shape index (κ2) is 9.93. The van der Waals surface area contributed by atoms with E-state index >= 15 is 0 Å². The first-order valence-corrected chi connectivity index (χ1v) is 9.61. The first-order valence-electron chi connectivity index (χ1n) is 9.61. The largest absolute Gasteiger partial charge is 0.497 e. The molecule has 0 aliphatic rings.